The molecule has 1 radical (unpaired) electrons. The second kappa shape index (κ2) is 6.19. The van der Waals surface area contributed by atoms with Crippen molar-refractivity contribution in [3.63, 3.8) is 0 Å². The van der Waals surface area contributed by atoms with E-state index < -0.39 is 0 Å². The molecule has 0 amide bonds. The molecule has 0 atom stereocenters. The van der Waals surface area contributed by atoms with E-state index in [1.165, 1.54) is 25.7 Å². The van der Waals surface area contributed by atoms with Crippen molar-refractivity contribution in [1.29, 1.82) is 0 Å². The maximum Gasteiger partial charge on any atom is 0.0685 e. The first kappa shape index (κ1) is 15.0. The predicted octanol–water partition coefficient (Wildman–Crippen LogP) is 4.36. The number of unbranched alkanes of at least 4 members (excludes halogenated alkanes) is 3. The van der Waals surface area contributed by atoms with Crippen LogP contribution in [0.4, 0.5) is 0 Å². The number of rotatable bonds is 6. The van der Waals surface area contributed by atoms with Gasteiger partial charge >= 0.3 is 0 Å². The molecule has 0 bridgehead atoms. The summed E-state index contributed by atoms with van der Waals surface area (Å²) in [6, 6.07) is 0. The fraction of sp³-hybridized carbons (Fsp3) is 0.933. The van der Waals surface area contributed by atoms with Gasteiger partial charge in [0.15, 0.2) is 0 Å². The van der Waals surface area contributed by atoms with Gasteiger partial charge in [0.05, 0.1) is 6.61 Å². The number of hydrogen-bond donors (Lipinski definition) is 0. The van der Waals surface area contributed by atoms with Crippen LogP contribution in [0.1, 0.15) is 73.1 Å². The van der Waals surface area contributed by atoms with Crippen molar-refractivity contribution >= 4 is 0 Å². The Morgan fingerprint density at radius 1 is 1.00 bits per heavy atom. The Morgan fingerprint density at radius 2 is 1.59 bits per heavy atom. The van der Waals surface area contributed by atoms with E-state index in [9.17, 15) is 0 Å². The summed E-state index contributed by atoms with van der Waals surface area (Å²) in [4.78, 5) is 6.07. The molecule has 0 unspecified atom stereocenters. The highest BCUT2D eigenvalue weighted by Gasteiger charge is 2.42. The lowest BCUT2D eigenvalue weighted by Crippen LogP contribution is -2.58. The van der Waals surface area contributed by atoms with Crippen LogP contribution in [0.25, 0.3) is 0 Å². The van der Waals surface area contributed by atoms with Gasteiger partial charge < -0.3 is 0 Å². The zero-order valence-corrected chi connectivity index (χ0v) is 12.4. The number of nitrogens with zero attached hydrogens (tertiary/aromatic N) is 1. The van der Waals surface area contributed by atoms with Gasteiger partial charge in [-0.2, -0.15) is 5.06 Å². The van der Waals surface area contributed by atoms with Crippen molar-refractivity contribution in [2.24, 2.45) is 0 Å². The van der Waals surface area contributed by atoms with E-state index in [0.29, 0.717) is 0 Å². The van der Waals surface area contributed by atoms with Crippen molar-refractivity contribution in [2.75, 3.05) is 6.61 Å². The van der Waals surface area contributed by atoms with Gasteiger partial charge in [-0.25, -0.2) is 0 Å². The van der Waals surface area contributed by atoms with Gasteiger partial charge in [-0.05, 0) is 53.4 Å². The van der Waals surface area contributed by atoms with Gasteiger partial charge in [0, 0.05) is 11.1 Å². The molecule has 1 fully saturated rings. The molecule has 0 saturated carbocycles. The Balaban J connectivity index is 2.41. The van der Waals surface area contributed by atoms with E-state index in [0.717, 1.165) is 19.4 Å². The minimum Gasteiger partial charge on any atom is -0.298 e. The summed E-state index contributed by atoms with van der Waals surface area (Å²) in [5, 5.41) is 2.24. The summed E-state index contributed by atoms with van der Waals surface area (Å²) >= 11 is 0. The molecule has 0 aromatic carbocycles. The van der Waals surface area contributed by atoms with Crippen molar-refractivity contribution in [1.82, 2.24) is 5.06 Å². The van der Waals surface area contributed by atoms with E-state index in [-0.39, 0.29) is 11.1 Å². The van der Waals surface area contributed by atoms with Crippen LogP contribution in [0.3, 0.4) is 0 Å². The lowest BCUT2D eigenvalue weighted by atomic mass is 9.82. The molecule has 1 heterocycles. The Bertz CT molecular complexity index is 207. The lowest BCUT2D eigenvalue weighted by Gasteiger charge is -2.51. The highest BCUT2D eigenvalue weighted by Crippen LogP contribution is 2.37. The number of piperidine rings is 1. The molecule has 1 saturated heterocycles. The first-order chi connectivity index (χ1) is 7.90. The van der Waals surface area contributed by atoms with E-state index in [4.69, 9.17) is 4.84 Å². The third-order valence-electron chi connectivity index (χ3n) is 3.61. The van der Waals surface area contributed by atoms with Crippen LogP contribution in [0, 0.1) is 6.42 Å². The van der Waals surface area contributed by atoms with Gasteiger partial charge in [-0.3, -0.25) is 4.84 Å². The molecular weight excluding hydrogens is 210 g/mol. The molecule has 17 heavy (non-hydrogen) atoms. The fourth-order valence-corrected chi connectivity index (χ4v) is 2.80. The average Bonchev–Trinajstić information content (AvgIpc) is 2.20. The smallest absolute Gasteiger partial charge is 0.0685 e. The molecule has 0 aromatic heterocycles. The third kappa shape index (κ3) is 4.26. The minimum atomic E-state index is 0.131. The second-order valence-corrected chi connectivity index (χ2v) is 6.51. The van der Waals surface area contributed by atoms with Gasteiger partial charge in [0.1, 0.15) is 0 Å². The summed E-state index contributed by atoms with van der Waals surface area (Å²) in [5.41, 5.74) is 0.263. The topological polar surface area (TPSA) is 12.5 Å². The van der Waals surface area contributed by atoms with E-state index in [2.05, 4.69) is 46.1 Å². The van der Waals surface area contributed by atoms with Crippen LogP contribution < -0.4 is 0 Å². The van der Waals surface area contributed by atoms with Gasteiger partial charge in [0.2, 0.25) is 0 Å². The normalized spacial score (nSPS) is 23.8. The lowest BCUT2D eigenvalue weighted by molar-refractivity contribution is -0.274. The van der Waals surface area contributed by atoms with Crippen LogP contribution >= 0.6 is 0 Å². The Morgan fingerprint density at radius 3 is 2.12 bits per heavy atom. The van der Waals surface area contributed by atoms with Crippen molar-refractivity contribution in [2.45, 2.75) is 84.2 Å². The van der Waals surface area contributed by atoms with Crippen LogP contribution in [-0.4, -0.2) is 22.7 Å². The number of hydroxylamine groups is 2. The third-order valence-corrected chi connectivity index (χ3v) is 3.61. The summed E-state index contributed by atoms with van der Waals surface area (Å²) in [7, 11) is 0. The molecule has 1 aliphatic heterocycles. The standard InChI is InChI=1S/C15H30NO/c1-6-7-8-9-13-17-16-14(2,3)11-10-12-15(16,4)5/h10H,6-9,11-13H2,1-5H3. The van der Waals surface area contributed by atoms with Crippen molar-refractivity contribution in [3.8, 4) is 0 Å². The maximum atomic E-state index is 6.07. The molecule has 0 aromatic rings. The Kier molecular flexibility index (Phi) is 5.46. The summed E-state index contributed by atoms with van der Waals surface area (Å²) in [6.07, 6.45) is 9.71. The highest BCUT2D eigenvalue weighted by atomic mass is 16.7. The molecular formula is C15H30NO. The van der Waals surface area contributed by atoms with Crippen LogP contribution in [0.2, 0.25) is 0 Å². The summed E-state index contributed by atoms with van der Waals surface area (Å²) in [5.74, 6) is 0. The van der Waals surface area contributed by atoms with E-state index >= 15 is 0 Å². The second-order valence-electron chi connectivity index (χ2n) is 6.51. The van der Waals surface area contributed by atoms with Crippen molar-refractivity contribution < 1.29 is 4.84 Å². The molecule has 1 rings (SSSR count). The first-order valence-electron chi connectivity index (χ1n) is 7.15. The summed E-state index contributed by atoms with van der Waals surface area (Å²) < 4.78 is 0. The summed E-state index contributed by atoms with van der Waals surface area (Å²) in [6.45, 7) is 12.2. The minimum absolute atomic E-state index is 0.131. The van der Waals surface area contributed by atoms with Crippen molar-refractivity contribution in [3.05, 3.63) is 6.42 Å². The molecule has 0 N–H and O–H groups in total. The first-order valence-corrected chi connectivity index (χ1v) is 7.15. The quantitative estimate of drug-likeness (QED) is 0.640. The molecule has 2 heteroatoms. The van der Waals surface area contributed by atoms with Gasteiger partial charge in [-0.15, -0.1) is 0 Å². The zero-order chi connectivity index (χ0) is 12.9. The molecule has 0 aliphatic carbocycles. The van der Waals surface area contributed by atoms with E-state index in [1.54, 1.807) is 0 Å². The Labute approximate surface area is 108 Å². The van der Waals surface area contributed by atoms with Crippen LogP contribution in [0.5, 0.6) is 0 Å². The largest absolute Gasteiger partial charge is 0.298 e. The highest BCUT2D eigenvalue weighted by molar-refractivity contribution is 4.99. The van der Waals surface area contributed by atoms with Crippen LogP contribution in [-0.2, 0) is 4.84 Å². The molecule has 2 nitrogen and oxygen atoms in total. The maximum absolute atomic E-state index is 6.07. The Hall–Kier alpha value is -0.0800. The van der Waals surface area contributed by atoms with Gasteiger partial charge in [0.25, 0.3) is 0 Å². The van der Waals surface area contributed by atoms with E-state index in [1.807, 2.05) is 0 Å². The van der Waals surface area contributed by atoms with Gasteiger partial charge in [-0.1, -0.05) is 26.2 Å². The number of hydrogen-bond acceptors (Lipinski definition) is 2. The fourth-order valence-electron chi connectivity index (χ4n) is 2.80. The molecule has 0 spiro atoms. The molecule has 1 aliphatic rings. The monoisotopic (exact) mass is 240 g/mol. The predicted molar refractivity (Wildman–Crippen MR) is 73.6 cm³/mol. The SMILES string of the molecule is CCCCCCON1C(C)(C)C[CH]CC1(C)C. The average molecular weight is 240 g/mol. The van der Waals surface area contributed by atoms with Crippen LogP contribution in [0.15, 0.2) is 0 Å². The zero-order valence-electron chi connectivity index (χ0n) is 12.4. The molecule has 101 valence electrons.